The lowest BCUT2D eigenvalue weighted by Crippen LogP contribution is -1.47. The lowest BCUT2D eigenvalue weighted by molar-refractivity contribution is 0.282. The molecule has 0 unspecified atom stereocenters. The highest BCUT2D eigenvalue weighted by Gasteiger charge is 1.56. The van der Waals surface area contributed by atoms with Gasteiger partial charge in [-0.3, -0.25) is 0 Å². The highest BCUT2D eigenvalue weighted by Crippen LogP contribution is 1.76. The van der Waals surface area contributed by atoms with Crippen LogP contribution in [0.15, 0.2) is 0 Å². The third-order valence-corrected chi connectivity index (χ3v) is 0.500. The summed E-state index contributed by atoms with van der Waals surface area (Å²) in [4.78, 5) is 0. The monoisotopic (exact) mass is 89.1 g/mol. The Bertz CT molecular complexity index is 5.90. The van der Waals surface area contributed by atoms with Crippen LogP contribution < -0.4 is 0 Å². The van der Waals surface area contributed by atoms with E-state index >= 15 is 0 Å². The maximum Gasteiger partial charge on any atom is 0.0712 e. The van der Waals surface area contributed by atoms with Crippen molar-refractivity contribution in [2.75, 3.05) is 7.11 Å². The Morgan fingerprint density at radius 1 is 1.00 bits per heavy atom. The molecule has 39 valence electrons. The quantitative estimate of drug-likeness (QED) is 0.467. The van der Waals surface area contributed by atoms with Crippen LogP contribution in [0.2, 0.25) is 0 Å². The van der Waals surface area contributed by atoms with Crippen molar-refractivity contribution in [2.45, 2.75) is 26.7 Å². The van der Waals surface area contributed by atoms with Crippen LogP contribution in [0.5, 0.6) is 0 Å². The van der Waals surface area contributed by atoms with Crippen molar-refractivity contribution >= 4 is 0 Å². The third kappa shape index (κ3) is 37.6. The summed E-state index contributed by atoms with van der Waals surface area (Å²) >= 11 is 0. The zero-order chi connectivity index (χ0) is 5.41. The van der Waals surface area contributed by atoms with Gasteiger partial charge in [-0.2, -0.15) is 0 Å². The van der Waals surface area contributed by atoms with Crippen LogP contribution in [0.25, 0.3) is 0 Å². The van der Waals surface area contributed by atoms with Crippen LogP contribution in [0.4, 0.5) is 0 Å². The van der Waals surface area contributed by atoms with Gasteiger partial charge in [-0.1, -0.05) is 26.7 Å². The van der Waals surface area contributed by atoms with Gasteiger partial charge in [-0.25, -0.2) is 5.11 Å². The zero-order valence-electron chi connectivity index (χ0n) is 4.82. The third-order valence-electron chi connectivity index (χ3n) is 0.500. The number of unbranched alkanes of at least 4 members (excludes halogenated alkanes) is 1. The lowest BCUT2D eigenvalue weighted by Gasteiger charge is -1.68. The molecule has 0 saturated carbocycles. The molecule has 0 rings (SSSR count). The van der Waals surface area contributed by atoms with Gasteiger partial charge in [0.1, 0.15) is 0 Å². The second kappa shape index (κ2) is 20.2. The van der Waals surface area contributed by atoms with Gasteiger partial charge in [-0.15, -0.1) is 0 Å². The number of rotatable bonds is 1. The van der Waals surface area contributed by atoms with Gasteiger partial charge < -0.3 is 0 Å². The van der Waals surface area contributed by atoms with Crippen LogP contribution in [0.1, 0.15) is 26.7 Å². The van der Waals surface area contributed by atoms with Gasteiger partial charge >= 0.3 is 0 Å². The Morgan fingerprint density at radius 3 is 1.17 bits per heavy atom. The van der Waals surface area contributed by atoms with E-state index < -0.39 is 0 Å². The van der Waals surface area contributed by atoms with E-state index in [1.807, 2.05) is 0 Å². The predicted molar refractivity (Wildman–Crippen MR) is 27.2 cm³/mol. The Kier molecular flexibility index (Phi) is 31.6. The van der Waals surface area contributed by atoms with E-state index in [0.29, 0.717) is 0 Å². The van der Waals surface area contributed by atoms with Crippen LogP contribution >= 0.6 is 0 Å². The van der Waals surface area contributed by atoms with Crippen molar-refractivity contribution in [1.29, 1.82) is 0 Å². The van der Waals surface area contributed by atoms with Gasteiger partial charge in [0.2, 0.25) is 0 Å². The topological polar surface area (TPSA) is 19.9 Å². The first-order chi connectivity index (χ1) is 2.91. The fourth-order valence-corrected chi connectivity index (χ4v) is 0. The molecule has 0 aliphatic rings. The molecule has 0 saturated heterocycles. The first-order valence-electron chi connectivity index (χ1n) is 2.32. The average Bonchev–Trinajstić information content (AvgIpc) is 1.72. The molecule has 1 radical (unpaired) electrons. The summed E-state index contributed by atoms with van der Waals surface area (Å²) in [6.45, 7) is 4.36. The van der Waals surface area contributed by atoms with Gasteiger partial charge in [0.05, 0.1) is 7.11 Å². The fourth-order valence-electron chi connectivity index (χ4n) is 0. The standard InChI is InChI=1S/C4H10.CH3O/c1-3-4-2;1-2/h3-4H2,1-2H3;1H3. The van der Waals surface area contributed by atoms with Gasteiger partial charge in [-0.05, 0) is 0 Å². The summed E-state index contributed by atoms with van der Waals surface area (Å²) < 4.78 is 0. The summed E-state index contributed by atoms with van der Waals surface area (Å²) in [7, 11) is 0.750. The molecule has 0 fully saturated rings. The Balaban J connectivity index is 0. The van der Waals surface area contributed by atoms with Gasteiger partial charge in [0, 0.05) is 0 Å². The average molecular weight is 89.2 g/mol. The molecule has 0 bridgehead atoms. The van der Waals surface area contributed by atoms with E-state index in [0.717, 1.165) is 7.11 Å². The molecule has 0 aromatic carbocycles. The predicted octanol–water partition coefficient (Wildman–Crippen LogP) is 1.85. The van der Waals surface area contributed by atoms with Crippen LogP contribution in [-0.2, 0) is 5.11 Å². The summed E-state index contributed by atoms with van der Waals surface area (Å²) in [5.41, 5.74) is 0. The summed E-state index contributed by atoms with van der Waals surface area (Å²) in [5.74, 6) is 0. The highest BCUT2D eigenvalue weighted by atomic mass is 16.2. The molecule has 0 aromatic heterocycles. The molecule has 0 heterocycles. The lowest BCUT2D eigenvalue weighted by atomic mass is 10.4. The fraction of sp³-hybridized carbons (Fsp3) is 1.00. The first kappa shape index (κ1) is 9.35. The smallest absolute Gasteiger partial charge is 0.0712 e. The molecule has 0 aliphatic carbocycles. The minimum atomic E-state index is 0.750. The minimum Gasteiger partial charge on any atom is -0.240 e. The van der Waals surface area contributed by atoms with E-state index in [2.05, 4.69) is 13.8 Å². The maximum atomic E-state index is 8.25. The van der Waals surface area contributed by atoms with Crippen molar-refractivity contribution < 1.29 is 5.11 Å². The molecule has 0 spiro atoms. The van der Waals surface area contributed by atoms with E-state index in [1.54, 1.807) is 0 Å². The molecular weight excluding hydrogens is 76.1 g/mol. The van der Waals surface area contributed by atoms with E-state index in [9.17, 15) is 0 Å². The minimum absolute atomic E-state index is 0.750. The van der Waals surface area contributed by atoms with Crippen LogP contribution in [-0.4, -0.2) is 7.11 Å². The normalized spacial score (nSPS) is 6.00. The van der Waals surface area contributed by atoms with Gasteiger partial charge in [0.25, 0.3) is 0 Å². The van der Waals surface area contributed by atoms with Crippen molar-refractivity contribution in [3.05, 3.63) is 0 Å². The second-order valence-electron chi connectivity index (χ2n) is 1.000. The highest BCUT2D eigenvalue weighted by molar-refractivity contribution is 4.12. The van der Waals surface area contributed by atoms with Crippen LogP contribution in [0.3, 0.4) is 0 Å². The second-order valence-corrected chi connectivity index (χ2v) is 1.000. The molecule has 0 aliphatic heterocycles. The van der Waals surface area contributed by atoms with E-state index in [4.69, 9.17) is 5.11 Å². The molecule has 0 N–H and O–H groups in total. The number of hydrogen-bond acceptors (Lipinski definition) is 0. The Labute approximate surface area is 40.0 Å². The van der Waals surface area contributed by atoms with Crippen molar-refractivity contribution in [3.63, 3.8) is 0 Å². The molecule has 0 aromatic rings. The largest absolute Gasteiger partial charge is 0.240 e. The molecule has 6 heavy (non-hydrogen) atoms. The molecule has 0 atom stereocenters. The Morgan fingerprint density at radius 2 is 1.17 bits per heavy atom. The van der Waals surface area contributed by atoms with Crippen molar-refractivity contribution in [2.24, 2.45) is 0 Å². The Hall–Kier alpha value is -0.0400. The van der Waals surface area contributed by atoms with E-state index in [-0.39, 0.29) is 0 Å². The van der Waals surface area contributed by atoms with Crippen LogP contribution in [0, 0.1) is 0 Å². The summed E-state index contributed by atoms with van der Waals surface area (Å²) in [6, 6.07) is 0. The number of hydrogen-bond donors (Lipinski definition) is 0. The zero-order valence-corrected chi connectivity index (χ0v) is 4.82. The van der Waals surface area contributed by atoms with Crippen molar-refractivity contribution in [3.8, 4) is 0 Å². The van der Waals surface area contributed by atoms with E-state index in [1.165, 1.54) is 12.8 Å². The molecular formula is C5H13O. The first-order valence-corrected chi connectivity index (χ1v) is 2.32. The van der Waals surface area contributed by atoms with Crippen molar-refractivity contribution in [1.82, 2.24) is 0 Å². The molecule has 1 heteroatoms. The maximum absolute atomic E-state index is 8.25. The summed E-state index contributed by atoms with van der Waals surface area (Å²) in [6.07, 6.45) is 2.64. The SMILES string of the molecule is CCCC.C[O]. The molecule has 0 amide bonds. The molecule has 1 nitrogen and oxygen atoms in total. The van der Waals surface area contributed by atoms with Gasteiger partial charge in [0.15, 0.2) is 0 Å². The summed E-state index contributed by atoms with van der Waals surface area (Å²) in [5, 5.41) is 8.25.